The highest BCUT2D eigenvalue weighted by Gasteiger charge is 2.09. The van der Waals surface area contributed by atoms with Crippen molar-refractivity contribution in [3.63, 3.8) is 0 Å². The van der Waals surface area contributed by atoms with Crippen molar-refractivity contribution < 1.29 is 9.84 Å². The van der Waals surface area contributed by atoms with Gasteiger partial charge >= 0.3 is 0 Å². The number of guanidine groups is 1. The lowest BCUT2D eigenvalue weighted by atomic mass is 10.2. The minimum absolute atomic E-state index is 0. The predicted octanol–water partition coefficient (Wildman–Crippen LogP) is 3.00. The third-order valence-electron chi connectivity index (χ3n) is 4.87. The highest BCUT2D eigenvalue weighted by atomic mass is 127. The number of hydrogen-bond donors (Lipinski definition) is 3. The molecule has 1 fully saturated rings. The van der Waals surface area contributed by atoms with Gasteiger partial charge in [0.05, 0.1) is 25.9 Å². The Bertz CT molecular complexity index is 537. The van der Waals surface area contributed by atoms with Crippen LogP contribution < -0.4 is 10.6 Å². The molecule has 0 spiro atoms. The van der Waals surface area contributed by atoms with E-state index in [1.54, 1.807) is 0 Å². The lowest BCUT2D eigenvalue weighted by Gasteiger charge is -2.20. The van der Waals surface area contributed by atoms with Crippen molar-refractivity contribution in [1.29, 1.82) is 0 Å². The smallest absolute Gasteiger partial charge is 0.191 e. The number of aliphatic imine (C=N–C) groups is 1. The van der Waals surface area contributed by atoms with Crippen LogP contribution in [0.2, 0.25) is 0 Å². The number of halogens is 1. The number of nitrogens with one attached hydrogen (secondary N) is 2. The van der Waals surface area contributed by atoms with Gasteiger partial charge in [-0.15, -0.1) is 24.0 Å². The van der Waals surface area contributed by atoms with Gasteiger partial charge in [-0.3, -0.25) is 4.99 Å². The van der Waals surface area contributed by atoms with Crippen molar-refractivity contribution in [2.75, 3.05) is 45.9 Å². The van der Waals surface area contributed by atoms with Crippen LogP contribution in [0.5, 0.6) is 0 Å². The molecule has 2 rings (SSSR count). The van der Waals surface area contributed by atoms with Crippen molar-refractivity contribution in [2.24, 2.45) is 4.99 Å². The summed E-state index contributed by atoms with van der Waals surface area (Å²) in [6.07, 6.45) is 5.93. The second-order valence-electron chi connectivity index (χ2n) is 7.41. The van der Waals surface area contributed by atoms with E-state index in [0.717, 1.165) is 37.6 Å². The van der Waals surface area contributed by atoms with E-state index in [1.165, 1.54) is 38.8 Å². The lowest BCUT2D eigenvalue weighted by molar-refractivity contribution is 0.0331. The molecule has 1 atom stereocenters. The molecular weight excluding hydrogens is 479 g/mol. The molecule has 0 aromatic heterocycles. The molecule has 0 radical (unpaired) electrons. The van der Waals surface area contributed by atoms with E-state index < -0.39 is 6.10 Å². The number of aliphatic hydroxyl groups excluding tert-OH is 1. The van der Waals surface area contributed by atoms with E-state index in [4.69, 9.17) is 4.74 Å². The number of nitrogens with zero attached hydrogens (tertiary/aromatic N) is 2. The largest absolute Gasteiger partial charge is 0.389 e. The second kappa shape index (κ2) is 16.8. The first-order valence-electron chi connectivity index (χ1n) is 10.8. The lowest BCUT2D eigenvalue weighted by Crippen LogP contribution is -2.39. The summed E-state index contributed by atoms with van der Waals surface area (Å²) in [4.78, 5) is 7.07. The average Bonchev–Trinajstić information content (AvgIpc) is 2.99. The summed E-state index contributed by atoms with van der Waals surface area (Å²) in [6.45, 7) is 8.49. The molecule has 0 aliphatic carbocycles. The third-order valence-corrected chi connectivity index (χ3v) is 4.87. The Kier molecular flexibility index (Phi) is 15.2. The molecule has 1 saturated heterocycles. The summed E-state index contributed by atoms with van der Waals surface area (Å²) in [7, 11) is 0. The summed E-state index contributed by atoms with van der Waals surface area (Å²) < 4.78 is 5.58. The van der Waals surface area contributed by atoms with Gasteiger partial charge in [0.1, 0.15) is 0 Å². The summed E-state index contributed by atoms with van der Waals surface area (Å²) in [5.41, 5.74) is 1.11. The third kappa shape index (κ3) is 12.4. The number of likely N-dealkylation sites (tertiary alicyclic amines) is 1. The predicted molar refractivity (Wildman–Crippen MR) is 131 cm³/mol. The normalized spacial score (nSPS) is 16.6. The van der Waals surface area contributed by atoms with E-state index in [0.29, 0.717) is 13.2 Å². The van der Waals surface area contributed by atoms with Crippen molar-refractivity contribution in [3.05, 3.63) is 35.9 Å². The zero-order valence-electron chi connectivity index (χ0n) is 17.8. The summed E-state index contributed by atoms with van der Waals surface area (Å²) in [5.74, 6) is 0.764. The molecule has 1 heterocycles. The molecule has 0 saturated carbocycles. The second-order valence-corrected chi connectivity index (χ2v) is 7.41. The van der Waals surface area contributed by atoms with Gasteiger partial charge in [-0.05, 0) is 51.4 Å². The molecule has 1 aromatic carbocycles. The summed E-state index contributed by atoms with van der Waals surface area (Å²) >= 11 is 0. The van der Waals surface area contributed by atoms with Crippen LogP contribution in [0, 0.1) is 0 Å². The van der Waals surface area contributed by atoms with Crippen LogP contribution in [0.1, 0.15) is 44.6 Å². The summed E-state index contributed by atoms with van der Waals surface area (Å²) in [5, 5.41) is 16.7. The molecule has 7 heteroatoms. The number of aliphatic hydroxyl groups is 1. The van der Waals surface area contributed by atoms with Gasteiger partial charge in [-0.2, -0.15) is 0 Å². The molecule has 1 aromatic rings. The molecule has 6 nitrogen and oxygen atoms in total. The van der Waals surface area contributed by atoms with Crippen LogP contribution in [-0.2, 0) is 11.3 Å². The van der Waals surface area contributed by atoms with Crippen LogP contribution >= 0.6 is 24.0 Å². The van der Waals surface area contributed by atoms with Gasteiger partial charge in [-0.25, -0.2) is 0 Å². The minimum Gasteiger partial charge on any atom is -0.389 e. The quantitative estimate of drug-likeness (QED) is 0.182. The van der Waals surface area contributed by atoms with Gasteiger partial charge in [0, 0.05) is 13.1 Å². The minimum atomic E-state index is -0.601. The van der Waals surface area contributed by atoms with Crippen molar-refractivity contribution in [1.82, 2.24) is 15.5 Å². The number of rotatable bonds is 11. The molecule has 0 bridgehead atoms. The zero-order valence-corrected chi connectivity index (χ0v) is 20.1. The van der Waals surface area contributed by atoms with Gasteiger partial charge in [-0.1, -0.05) is 43.2 Å². The SMILES string of the molecule is CCNC(=NCC(O)COCc1ccccc1)NCCCN1CCCCCC1.I. The van der Waals surface area contributed by atoms with Crippen LogP contribution in [-0.4, -0.2) is 67.9 Å². The maximum atomic E-state index is 10.1. The topological polar surface area (TPSA) is 69.1 Å². The van der Waals surface area contributed by atoms with Crippen molar-refractivity contribution in [3.8, 4) is 0 Å². The van der Waals surface area contributed by atoms with E-state index >= 15 is 0 Å². The Hall–Kier alpha value is -0.900. The van der Waals surface area contributed by atoms with Gasteiger partial charge in [0.2, 0.25) is 0 Å². The van der Waals surface area contributed by atoms with Gasteiger partial charge in [0.15, 0.2) is 5.96 Å². The maximum absolute atomic E-state index is 10.1. The Morgan fingerprint density at radius 1 is 1.14 bits per heavy atom. The summed E-state index contributed by atoms with van der Waals surface area (Å²) in [6, 6.07) is 9.99. The molecule has 29 heavy (non-hydrogen) atoms. The fourth-order valence-electron chi connectivity index (χ4n) is 3.35. The Balaban J connectivity index is 0.00000420. The molecule has 3 N–H and O–H groups in total. The van der Waals surface area contributed by atoms with E-state index in [1.807, 2.05) is 37.3 Å². The maximum Gasteiger partial charge on any atom is 0.191 e. The zero-order chi connectivity index (χ0) is 19.9. The molecule has 1 unspecified atom stereocenters. The molecule has 166 valence electrons. The fourth-order valence-corrected chi connectivity index (χ4v) is 3.35. The van der Waals surface area contributed by atoms with Crippen LogP contribution in [0.4, 0.5) is 0 Å². The van der Waals surface area contributed by atoms with E-state index in [9.17, 15) is 5.11 Å². The van der Waals surface area contributed by atoms with Crippen LogP contribution in [0.15, 0.2) is 35.3 Å². The first-order chi connectivity index (χ1) is 13.8. The van der Waals surface area contributed by atoms with Crippen LogP contribution in [0.25, 0.3) is 0 Å². The molecular formula is C22H39IN4O2. The standard InChI is InChI=1S/C22H38N4O2.HI/c1-2-23-22(24-13-10-16-26-14-8-3-4-9-15-26)25-17-21(27)19-28-18-20-11-6-5-7-12-20;/h5-7,11-12,21,27H,2-4,8-10,13-19H2,1H3,(H2,23,24,25);1H. The first-order valence-corrected chi connectivity index (χ1v) is 10.8. The monoisotopic (exact) mass is 518 g/mol. The fraction of sp³-hybridized carbons (Fsp3) is 0.682. The Morgan fingerprint density at radius 2 is 1.86 bits per heavy atom. The Labute approximate surface area is 193 Å². The number of hydrogen-bond acceptors (Lipinski definition) is 4. The first kappa shape index (κ1) is 26.1. The van der Waals surface area contributed by atoms with Gasteiger partial charge < -0.3 is 25.4 Å². The van der Waals surface area contributed by atoms with Crippen molar-refractivity contribution >= 4 is 29.9 Å². The Morgan fingerprint density at radius 3 is 2.55 bits per heavy atom. The average molecular weight is 518 g/mol. The number of ether oxygens (including phenoxy) is 1. The van der Waals surface area contributed by atoms with E-state index in [2.05, 4.69) is 20.5 Å². The molecule has 0 amide bonds. The molecule has 1 aliphatic rings. The van der Waals surface area contributed by atoms with Crippen molar-refractivity contribution in [2.45, 2.75) is 51.7 Å². The highest BCUT2D eigenvalue weighted by molar-refractivity contribution is 14.0. The van der Waals surface area contributed by atoms with Crippen LogP contribution in [0.3, 0.4) is 0 Å². The number of benzene rings is 1. The molecule has 1 aliphatic heterocycles. The van der Waals surface area contributed by atoms with E-state index in [-0.39, 0.29) is 30.6 Å². The van der Waals surface area contributed by atoms with Gasteiger partial charge in [0.25, 0.3) is 0 Å². The highest BCUT2D eigenvalue weighted by Crippen LogP contribution is 2.09.